The van der Waals surface area contributed by atoms with Crippen LogP contribution in [0.15, 0.2) is 52.6 Å². The first-order chi connectivity index (χ1) is 11.5. The molecule has 1 amide bonds. The number of allylic oxidation sites excluding steroid dienone is 1. The molecule has 2 aromatic rings. The predicted molar refractivity (Wildman–Crippen MR) is 90.5 cm³/mol. The van der Waals surface area contributed by atoms with Crippen LogP contribution in [0, 0.1) is 0 Å². The molecule has 2 rings (SSSR count). The average molecular weight is 329 g/mol. The third-order valence-electron chi connectivity index (χ3n) is 3.36. The molecule has 0 aliphatic heterocycles. The van der Waals surface area contributed by atoms with Crippen molar-refractivity contribution < 1.29 is 9.53 Å². The van der Waals surface area contributed by atoms with Crippen molar-refractivity contribution in [2.75, 3.05) is 20.2 Å². The van der Waals surface area contributed by atoms with Crippen LogP contribution in [0.4, 0.5) is 0 Å². The molecular weight excluding hydrogens is 310 g/mol. The first-order valence-electron chi connectivity index (χ1n) is 7.42. The van der Waals surface area contributed by atoms with E-state index in [-0.39, 0.29) is 12.3 Å². The Morgan fingerprint density at radius 3 is 2.75 bits per heavy atom. The average Bonchev–Trinajstić information content (AvgIpc) is 2.55. The van der Waals surface area contributed by atoms with Crippen LogP contribution in [0.2, 0.25) is 0 Å². The van der Waals surface area contributed by atoms with Gasteiger partial charge >= 0.3 is 5.69 Å². The van der Waals surface area contributed by atoms with E-state index < -0.39 is 17.2 Å². The quantitative estimate of drug-likeness (QED) is 0.739. The molecule has 0 bridgehead atoms. The Bertz CT molecular complexity index is 810. The minimum atomic E-state index is -0.714. The Labute approximate surface area is 138 Å². The van der Waals surface area contributed by atoms with Crippen LogP contribution in [0.5, 0.6) is 5.75 Å². The number of rotatable bonds is 7. The molecule has 0 aliphatic carbocycles. The number of H-pyrrole nitrogens is 2. The van der Waals surface area contributed by atoms with Crippen molar-refractivity contribution in [3.63, 3.8) is 0 Å². The number of benzene rings is 1. The second kappa shape index (κ2) is 7.96. The van der Waals surface area contributed by atoms with Crippen LogP contribution in [-0.4, -0.2) is 41.0 Å². The molecule has 126 valence electrons. The first kappa shape index (κ1) is 17.3. The van der Waals surface area contributed by atoms with Crippen molar-refractivity contribution in [3.8, 4) is 5.75 Å². The molecule has 2 N–H and O–H groups in total. The lowest BCUT2D eigenvalue weighted by molar-refractivity contribution is 0.0767. The number of likely N-dealkylation sites (N-methyl/N-ethyl adjacent to an activating group) is 1. The zero-order chi connectivity index (χ0) is 17.5. The number of hydrogen-bond acceptors (Lipinski definition) is 4. The van der Waals surface area contributed by atoms with E-state index in [9.17, 15) is 14.4 Å². The summed E-state index contributed by atoms with van der Waals surface area (Å²) in [5, 5.41) is 0. The number of hydrogen-bond donors (Lipinski definition) is 2. The molecule has 24 heavy (non-hydrogen) atoms. The summed E-state index contributed by atoms with van der Waals surface area (Å²) in [5.41, 5.74) is -0.377. The van der Waals surface area contributed by atoms with Gasteiger partial charge in [0.05, 0.1) is 6.54 Å². The SMILES string of the molecule is C=CCc1ccccc1OCCN(C)C(=O)c1cc(=O)[nH]c(=O)[nH]1. The summed E-state index contributed by atoms with van der Waals surface area (Å²) in [5.74, 6) is 0.281. The molecule has 0 radical (unpaired) electrons. The monoisotopic (exact) mass is 329 g/mol. The maximum Gasteiger partial charge on any atom is 0.326 e. The van der Waals surface area contributed by atoms with Crippen LogP contribution < -0.4 is 16.0 Å². The summed E-state index contributed by atoms with van der Waals surface area (Å²) in [6.45, 7) is 4.29. The number of amides is 1. The van der Waals surface area contributed by atoms with Gasteiger partial charge in [0, 0.05) is 13.1 Å². The van der Waals surface area contributed by atoms with E-state index in [1.54, 1.807) is 13.1 Å². The highest BCUT2D eigenvalue weighted by Gasteiger charge is 2.13. The third kappa shape index (κ3) is 4.45. The maximum absolute atomic E-state index is 12.2. The third-order valence-corrected chi connectivity index (χ3v) is 3.36. The maximum atomic E-state index is 12.2. The Hall–Kier alpha value is -3.09. The minimum Gasteiger partial charge on any atom is -0.491 e. The highest BCUT2D eigenvalue weighted by molar-refractivity contribution is 5.91. The molecule has 1 aromatic heterocycles. The smallest absolute Gasteiger partial charge is 0.326 e. The van der Waals surface area contributed by atoms with Gasteiger partial charge in [-0.05, 0) is 18.1 Å². The number of carbonyl (C=O) groups is 1. The van der Waals surface area contributed by atoms with E-state index in [0.29, 0.717) is 13.0 Å². The molecule has 0 unspecified atom stereocenters. The minimum absolute atomic E-state index is 0.0571. The van der Waals surface area contributed by atoms with Gasteiger partial charge < -0.3 is 14.6 Å². The number of aromatic amines is 2. The molecule has 0 aliphatic rings. The normalized spacial score (nSPS) is 10.2. The fourth-order valence-electron chi connectivity index (χ4n) is 2.15. The van der Waals surface area contributed by atoms with Gasteiger partial charge in [0.2, 0.25) is 0 Å². The Morgan fingerprint density at radius 2 is 2.04 bits per heavy atom. The van der Waals surface area contributed by atoms with Crippen molar-refractivity contribution in [1.29, 1.82) is 0 Å². The number of aromatic nitrogens is 2. The number of nitrogens with zero attached hydrogens (tertiary/aromatic N) is 1. The second-order valence-corrected chi connectivity index (χ2v) is 5.18. The largest absolute Gasteiger partial charge is 0.491 e. The molecule has 1 aromatic carbocycles. The van der Waals surface area contributed by atoms with Crippen LogP contribution in [0.3, 0.4) is 0 Å². The lowest BCUT2D eigenvalue weighted by atomic mass is 10.1. The summed E-state index contributed by atoms with van der Waals surface area (Å²) >= 11 is 0. The van der Waals surface area contributed by atoms with Gasteiger partial charge in [-0.15, -0.1) is 6.58 Å². The van der Waals surface area contributed by atoms with Crippen LogP contribution >= 0.6 is 0 Å². The lowest BCUT2D eigenvalue weighted by Crippen LogP contribution is -2.34. The molecule has 1 heterocycles. The highest BCUT2D eigenvalue weighted by atomic mass is 16.5. The fourth-order valence-corrected chi connectivity index (χ4v) is 2.15. The van der Waals surface area contributed by atoms with Crippen molar-refractivity contribution in [2.24, 2.45) is 0 Å². The van der Waals surface area contributed by atoms with E-state index in [0.717, 1.165) is 17.4 Å². The van der Waals surface area contributed by atoms with Crippen molar-refractivity contribution in [1.82, 2.24) is 14.9 Å². The summed E-state index contributed by atoms with van der Waals surface area (Å²) in [7, 11) is 1.57. The van der Waals surface area contributed by atoms with Crippen LogP contribution in [-0.2, 0) is 6.42 Å². The Kier molecular flexibility index (Phi) is 5.73. The zero-order valence-corrected chi connectivity index (χ0v) is 13.4. The van der Waals surface area contributed by atoms with Gasteiger partial charge in [0.1, 0.15) is 18.1 Å². The molecule has 0 saturated carbocycles. The van der Waals surface area contributed by atoms with Gasteiger partial charge in [-0.2, -0.15) is 0 Å². The standard InChI is InChI=1S/C17H19N3O4/c1-3-6-12-7-4-5-8-14(12)24-10-9-20(2)16(22)13-11-15(21)19-17(23)18-13/h3-5,7-8,11H,1,6,9-10H2,2H3,(H2,18,19,21,23). The zero-order valence-electron chi connectivity index (χ0n) is 13.4. The summed E-state index contributed by atoms with van der Waals surface area (Å²) in [4.78, 5) is 40.4. The number of para-hydroxylation sites is 1. The van der Waals surface area contributed by atoms with Crippen LogP contribution in [0.1, 0.15) is 16.1 Å². The lowest BCUT2D eigenvalue weighted by Gasteiger charge is -2.18. The molecule has 0 spiro atoms. The summed E-state index contributed by atoms with van der Waals surface area (Å²) < 4.78 is 5.71. The fraction of sp³-hybridized carbons (Fsp3) is 0.235. The van der Waals surface area contributed by atoms with E-state index >= 15 is 0 Å². The molecule has 7 nitrogen and oxygen atoms in total. The summed E-state index contributed by atoms with van der Waals surface area (Å²) in [6, 6.07) is 8.66. The molecular formula is C17H19N3O4. The molecule has 7 heteroatoms. The van der Waals surface area contributed by atoms with E-state index in [1.807, 2.05) is 29.2 Å². The van der Waals surface area contributed by atoms with Crippen molar-refractivity contribution in [3.05, 3.63) is 75.1 Å². The van der Waals surface area contributed by atoms with Gasteiger partial charge in [-0.3, -0.25) is 14.6 Å². The number of ether oxygens (including phenoxy) is 1. The molecule has 0 fully saturated rings. The van der Waals surface area contributed by atoms with Gasteiger partial charge in [0.25, 0.3) is 11.5 Å². The second-order valence-electron chi connectivity index (χ2n) is 5.18. The first-order valence-corrected chi connectivity index (χ1v) is 7.42. The van der Waals surface area contributed by atoms with Gasteiger partial charge in [-0.25, -0.2) is 4.79 Å². The van der Waals surface area contributed by atoms with Gasteiger partial charge in [-0.1, -0.05) is 24.3 Å². The summed E-state index contributed by atoms with van der Waals surface area (Å²) in [6.07, 6.45) is 2.49. The van der Waals surface area contributed by atoms with Crippen molar-refractivity contribution in [2.45, 2.75) is 6.42 Å². The molecule has 0 saturated heterocycles. The Balaban J connectivity index is 1.97. The van der Waals surface area contributed by atoms with E-state index in [2.05, 4.69) is 11.6 Å². The van der Waals surface area contributed by atoms with E-state index in [1.165, 1.54) is 4.90 Å². The molecule has 0 atom stereocenters. The highest BCUT2D eigenvalue weighted by Crippen LogP contribution is 2.18. The van der Waals surface area contributed by atoms with Gasteiger partial charge in [0.15, 0.2) is 0 Å². The van der Waals surface area contributed by atoms with Crippen LogP contribution in [0.25, 0.3) is 0 Å². The number of nitrogens with one attached hydrogen (secondary N) is 2. The van der Waals surface area contributed by atoms with Crippen molar-refractivity contribution >= 4 is 5.91 Å². The predicted octanol–water partition coefficient (Wildman–Crippen LogP) is 0.943. The Morgan fingerprint density at radius 1 is 1.29 bits per heavy atom. The number of carbonyl (C=O) groups excluding carboxylic acids is 1. The van der Waals surface area contributed by atoms with E-state index in [4.69, 9.17) is 4.74 Å². The topological polar surface area (TPSA) is 95.3 Å².